The molecule has 1 aromatic carbocycles. The first-order chi connectivity index (χ1) is 9.28. The molecule has 0 amide bonds. The van der Waals surface area contributed by atoms with Crippen molar-refractivity contribution in [3.63, 3.8) is 0 Å². The number of nitrogens with one attached hydrogen (secondary N) is 1. The number of rotatable bonds is 2. The number of cyclic esters (lactones) is 2. The van der Waals surface area contributed by atoms with E-state index in [9.17, 15) is 9.59 Å². The molecule has 1 aliphatic rings. The summed E-state index contributed by atoms with van der Waals surface area (Å²) in [6.07, 6.45) is 1.29. The van der Waals surface area contributed by atoms with Crippen molar-refractivity contribution in [3.05, 3.63) is 40.0 Å². The third-order valence-electron chi connectivity index (χ3n) is 2.67. The number of carbonyl (C=O) groups is 2. The van der Waals surface area contributed by atoms with Gasteiger partial charge in [0.1, 0.15) is 0 Å². The van der Waals surface area contributed by atoms with Crippen LogP contribution < -0.4 is 5.32 Å². The lowest BCUT2D eigenvalue weighted by molar-refractivity contribution is -0.222. The van der Waals surface area contributed by atoms with Gasteiger partial charge < -0.3 is 14.8 Å². The molecule has 0 aliphatic carbocycles. The van der Waals surface area contributed by atoms with Crippen LogP contribution in [0.2, 0.25) is 0 Å². The zero-order valence-corrected chi connectivity index (χ0v) is 12.9. The first-order valence-corrected chi connectivity index (χ1v) is 6.77. The summed E-state index contributed by atoms with van der Waals surface area (Å²) in [5.41, 5.74) is 1.66. The average Bonchev–Trinajstić information content (AvgIpc) is 2.31. The number of hydrogen-bond donors (Lipinski definition) is 1. The zero-order chi connectivity index (χ0) is 14.9. The van der Waals surface area contributed by atoms with E-state index >= 15 is 0 Å². The van der Waals surface area contributed by atoms with E-state index in [1.807, 2.05) is 25.1 Å². The van der Waals surface area contributed by atoms with Crippen LogP contribution in [0, 0.1) is 6.92 Å². The summed E-state index contributed by atoms with van der Waals surface area (Å²) in [5, 5.41) is 2.88. The molecule has 0 radical (unpaired) electrons. The van der Waals surface area contributed by atoms with E-state index in [1.165, 1.54) is 20.0 Å². The molecular formula is C14H14BrNO4. The van der Waals surface area contributed by atoms with Crippen LogP contribution in [0.1, 0.15) is 19.4 Å². The molecule has 0 atom stereocenters. The molecule has 0 bridgehead atoms. The van der Waals surface area contributed by atoms with Crippen LogP contribution in [0.4, 0.5) is 5.69 Å². The van der Waals surface area contributed by atoms with Crippen molar-refractivity contribution in [2.24, 2.45) is 0 Å². The van der Waals surface area contributed by atoms with E-state index in [2.05, 4.69) is 21.2 Å². The zero-order valence-electron chi connectivity index (χ0n) is 11.3. The van der Waals surface area contributed by atoms with Gasteiger partial charge in [0.2, 0.25) is 0 Å². The van der Waals surface area contributed by atoms with Crippen LogP contribution in [0.25, 0.3) is 0 Å². The highest BCUT2D eigenvalue weighted by Gasteiger charge is 2.38. The predicted octanol–water partition coefficient (Wildman–Crippen LogP) is 2.89. The maximum absolute atomic E-state index is 11.7. The Bertz CT molecular complexity index is 585. The molecule has 0 spiro atoms. The molecule has 0 saturated carbocycles. The van der Waals surface area contributed by atoms with E-state index < -0.39 is 17.7 Å². The third-order valence-corrected chi connectivity index (χ3v) is 3.53. The SMILES string of the molecule is Cc1ccc(NC=C2C(=O)OC(C)(C)OC2=O)cc1Br. The number of carbonyl (C=O) groups excluding carboxylic acids is 2. The number of anilines is 1. The van der Waals surface area contributed by atoms with Crippen LogP contribution in [0.3, 0.4) is 0 Å². The molecule has 0 aromatic heterocycles. The quantitative estimate of drug-likeness (QED) is 0.510. The lowest BCUT2D eigenvalue weighted by Crippen LogP contribution is -2.42. The molecule has 1 aromatic rings. The first-order valence-electron chi connectivity index (χ1n) is 5.98. The second-order valence-corrected chi connectivity index (χ2v) is 5.70. The van der Waals surface area contributed by atoms with Crippen LogP contribution in [-0.4, -0.2) is 17.7 Å². The molecule has 1 heterocycles. The Morgan fingerprint density at radius 2 is 1.80 bits per heavy atom. The fraction of sp³-hybridized carbons (Fsp3) is 0.286. The average molecular weight is 340 g/mol. The van der Waals surface area contributed by atoms with E-state index in [-0.39, 0.29) is 5.57 Å². The van der Waals surface area contributed by atoms with E-state index in [4.69, 9.17) is 9.47 Å². The summed E-state index contributed by atoms with van der Waals surface area (Å²) in [4.78, 5) is 23.4. The number of benzene rings is 1. The second kappa shape index (κ2) is 5.28. The van der Waals surface area contributed by atoms with Crippen molar-refractivity contribution in [1.29, 1.82) is 0 Å². The number of halogens is 1. The molecule has 2 rings (SSSR count). The van der Waals surface area contributed by atoms with Crippen molar-refractivity contribution in [2.45, 2.75) is 26.6 Å². The molecule has 1 aliphatic heterocycles. The summed E-state index contributed by atoms with van der Waals surface area (Å²) < 4.78 is 10.9. The Labute approximate surface area is 125 Å². The Hall–Kier alpha value is -1.82. The van der Waals surface area contributed by atoms with E-state index in [1.54, 1.807) is 0 Å². The summed E-state index contributed by atoms with van der Waals surface area (Å²) in [6, 6.07) is 5.59. The van der Waals surface area contributed by atoms with Crippen molar-refractivity contribution >= 4 is 33.6 Å². The summed E-state index contributed by atoms with van der Waals surface area (Å²) in [5.74, 6) is -2.63. The Kier molecular flexibility index (Phi) is 3.85. The topological polar surface area (TPSA) is 64.6 Å². The molecule has 6 heteroatoms. The monoisotopic (exact) mass is 339 g/mol. The summed E-state index contributed by atoms with van der Waals surface area (Å²) in [7, 11) is 0. The maximum atomic E-state index is 11.7. The fourth-order valence-electron chi connectivity index (χ4n) is 1.62. The van der Waals surface area contributed by atoms with Crippen molar-refractivity contribution in [2.75, 3.05) is 5.32 Å². The van der Waals surface area contributed by atoms with E-state index in [0.29, 0.717) is 0 Å². The minimum atomic E-state index is -1.22. The Morgan fingerprint density at radius 3 is 2.35 bits per heavy atom. The summed E-state index contributed by atoms with van der Waals surface area (Å²) >= 11 is 3.41. The van der Waals surface area contributed by atoms with Crippen molar-refractivity contribution in [1.82, 2.24) is 0 Å². The van der Waals surface area contributed by atoms with Crippen molar-refractivity contribution in [3.8, 4) is 0 Å². The number of esters is 2. The van der Waals surface area contributed by atoms with Gasteiger partial charge >= 0.3 is 11.9 Å². The molecule has 5 nitrogen and oxygen atoms in total. The highest BCUT2D eigenvalue weighted by molar-refractivity contribution is 9.10. The van der Waals surface area contributed by atoms with Crippen LogP contribution in [0.5, 0.6) is 0 Å². The second-order valence-electron chi connectivity index (χ2n) is 4.85. The minimum absolute atomic E-state index is 0.166. The standard InChI is InChI=1S/C14H14BrNO4/c1-8-4-5-9(6-11(8)15)16-7-10-12(17)19-14(2,3)20-13(10)18/h4-7,16H,1-3H3. The van der Waals surface area contributed by atoms with Gasteiger partial charge in [-0.15, -0.1) is 0 Å². The molecule has 106 valence electrons. The highest BCUT2D eigenvalue weighted by Crippen LogP contribution is 2.24. The highest BCUT2D eigenvalue weighted by atomic mass is 79.9. The summed E-state index contributed by atoms with van der Waals surface area (Å²) in [6.45, 7) is 4.97. The molecular weight excluding hydrogens is 326 g/mol. The third kappa shape index (κ3) is 3.19. The van der Waals surface area contributed by atoms with Crippen molar-refractivity contribution < 1.29 is 19.1 Å². The fourth-order valence-corrected chi connectivity index (χ4v) is 2.00. The maximum Gasteiger partial charge on any atom is 0.350 e. The molecule has 1 N–H and O–H groups in total. The molecule has 1 fully saturated rings. The normalized spacial score (nSPS) is 17.3. The smallest absolute Gasteiger partial charge is 0.350 e. The predicted molar refractivity (Wildman–Crippen MR) is 76.8 cm³/mol. The van der Waals surface area contributed by atoms with Crippen LogP contribution in [0.15, 0.2) is 34.4 Å². The lowest BCUT2D eigenvalue weighted by atomic mass is 10.2. The van der Waals surface area contributed by atoms with E-state index in [0.717, 1.165) is 15.7 Å². The van der Waals surface area contributed by atoms with Crippen LogP contribution >= 0.6 is 15.9 Å². The molecule has 0 unspecified atom stereocenters. The molecule has 1 saturated heterocycles. The lowest BCUT2D eigenvalue weighted by Gasteiger charge is -2.29. The molecule has 20 heavy (non-hydrogen) atoms. The van der Waals surface area contributed by atoms with Gasteiger partial charge in [-0.3, -0.25) is 0 Å². The van der Waals surface area contributed by atoms with Gasteiger partial charge in [0.15, 0.2) is 5.57 Å². The number of ether oxygens (including phenoxy) is 2. The number of hydrogen-bond acceptors (Lipinski definition) is 5. The van der Waals surface area contributed by atoms with Gasteiger partial charge in [-0.25, -0.2) is 9.59 Å². The largest absolute Gasteiger partial charge is 0.419 e. The Morgan fingerprint density at radius 1 is 1.20 bits per heavy atom. The van der Waals surface area contributed by atoms with Crippen LogP contribution in [-0.2, 0) is 19.1 Å². The number of aryl methyl sites for hydroxylation is 1. The Balaban J connectivity index is 2.17. The van der Waals surface area contributed by atoms with Gasteiger partial charge in [-0.1, -0.05) is 22.0 Å². The van der Waals surface area contributed by atoms with Gasteiger partial charge in [-0.2, -0.15) is 0 Å². The van der Waals surface area contributed by atoms with Gasteiger partial charge in [-0.05, 0) is 24.6 Å². The first kappa shape index (κ1) is 14.6. The minimum Gasteiger partial charge on any atom is -0.419 e. The van der Waals surface area contributed by atoms with Gasteiger partial charge in [0, 0.05) is 30.2 Å². The van der Waals surface area contributed by atoms with Gasteiger partial charge in [0.25, 0.3) is 5.79 Å². The van der Waals surface area contributed by atoms with Gasteiger partial charge in [0.05, 0.1) is 0 Å².